The number of fused-ring (bicyclic) bond motifs is 1. The maximum atomic E-state index is 10.9. The third-order valence-corrected chi connectivity index (χ3v) is 4.66. The van der Waals surface area contributed by atoms with Crippen LogP contribution in [0.5, 0.6) is 0 Å². The Morgan fingerprint density at radius 1 is 0.917 bits per heavy atom. The molecular weight excluding hydrogens is 326 g/mol. The number of hydrogen-bond donors (Lipinski definition) is 2. The topological polar surface area (TPSA) is 87.2 Å². The van der Waals surface area contributed by atoms with Gasteiger partial charge in [-0.15, -0.1) is 0 Å². The molecule has 0 radical (unpaired) electrons. The van der Waals surface area contributed by atoms with Crippen molar-refractivity contribution < 1.29 is 13.0 Å². The second-order valence-corrected chi connectivity index (χ2v) is 6.97. The van der Waals surface area contributed by atoms with E-state index in [1.54, 1.807) is 26.0 Å². The van der Waals surface area contributed by atoms with E-state index in [2.05, 4.69) is 4.98 Å². The van der Waals surface area contributed by atoms with E-state index in [1.807, 2.05) is 37.3 Å². The molecule has 0 spiro atoms. The van der Waals surface area contributed by atoms with Gasteiger partial charge in [0.15, 0.2) is 0 Å². The molecule has 24 heavy (non-hydrogen) atoms. The lowest BCUT2D eigenvalue weighted by molar-refractivity contribution is 0.482. The predicted molar refractivity (Wildman–Crippen MR) is 95.0 cm³/mol. The van der Waals surface area contributed by atoms with Gasteiger partial charge in [0.05, 0.1) is 4.90 Å². The Hall–Kier alpha value is -2.44. The number of pyridine rings is 1. The van der Waals surface area contributed by atoms with Crippen LogP contribution in [-0.2, 0) is 10.1 Å². The summed E-state index contributed by atoms with van der Waals surface area (Å²) in [7, 11) is -4.08. The van der Waals surface area contributed by atoms with Crippen molar-refractivity contribution >= 4 is 21.0 Å². The Labute approximate surface area is 140 Å². The normalized spacial score (nSPS) is 11.0. The Morgan fingerprint density at radius 2 is 1.50 bits per heavy atom. The number of aryl methyl sites for hydroxylation is 3. The molecule has 0 atom stereocenters. The quantitative estimate of drug-likeness (QED) is 0.662. The summed E-state index contributed by atoms with van der Waals surface area (Å²) in [5.74, 6) is 0. The van der Waals surface area contributed by atoms with Crippen LogP contribution in [0.15, 0.2) is 58.2 Å². The van der Waals surface area contributed by atoms with E-state index in [4.69, 9.17) is 4.55 Å². The summed E-state index contributed by atoms with van der Waals surface area (Å²) in [6.07, 6.45) is 0. The molecule has 0 saturated heterocycles. The summed E-state index contributed by atoms with van der Waals surface area (Å²) in [4.78, 5) is 13.6. The lowest BCUT2D eigenvalue weighted by Gasteiger charge is -2.07. The molecule has 3 rings (SSSR count). The summed E-state index contributed by atoms with van der Waals surface area (Å²) in [6, 6.07) is 14.5. The third kappa shape index (κ3) is 4.31. The molecule has 1 aromatic heterocycles. The average Bonchev–Trinajstić information content (AvgIpc) is 2.45. The van der Waals surface area contributed by atoms with E-state index >= 15 is 0 Å². The highest BCUT2D eigenvalue weighted by atomic mass is 32.2. The molecule has 2 aromatic carbocycles. The van der Waals surface area contributed by atoms with Crippen molar-refractivity contribution in [2.24, 2.45) is 0 Å². The fourth-order valence-electron chi connectivity index (χ4n) is 2.67. The molecule has 1 heterocycles. The molecule has 0 bridgehead atoms. The largest absolute Gasteiger partial charge is 0.322 e. The first-order chi connectivity index (χ1) is 11.2. The summed E-state index contributed by atoms with van der Waals surface area (Å²) in [5, 5.41) is 1.06. The van der Waals surface area contributed by atoms with Crippen LogP contribution in [-0.4, -0.2) is 18.0 Å². The summed E-state index contributed by atoms with van der Waals surface area (Å²) in [5.41, 5.74) is 2.99. The maximum absolute atomic E-state index is 10.9. The van der Waals surface area contributed by atoms with E-state index in [9.17, 15) is 13.2 Å². The summed E-state index contributed by atoms with van der Waals surface area (Å²) in [6.45, 7) is 5.22. The number of hydrogen-bond acceptors (Lipinski definition) is 3. The minimum Gasteiger partial charge on any atom is -0.322 e. The average molecular weight is 345 g/mol. The summed E-state index contributed by atoms with van der Waals surface area (Å²) >= 11 is 0. The first kappa shape index (κ1) is 17.9. The van der Waals surface area contributed by atoms with Crippen molar-refractivity contribution in [2.45, 2.75) is 25.7 Å². The number of aromatic nitrogens is 1. The fourth-order valence-corrected chi connectivity index (χ4v) is 3.60. The van der Waals surface area contributed by atoms with Crippen molar-refractivity contribution in [2.75, 3.05) is 0 Å². The molecule has 126 valence electrons. The number of H-pyrrole nitrogens is 1. The van der Waals surface area contributed by atoms with Crippen molar-refractivity contribution in [3.05, 3.63) is 75.6 Å². The van der Waals surface area contributed by atoms with Crippen molar-refractivity contribution in [1.82, 2.24) is 4.98 Å². The van der Waals surface area contributed by atoms with E-state index in [0.29, 0.717) is 11.1 Å². The van der Waals surface area contributed by atoms with Gasteiger partial charge in [-0.25, -0.2) is 0 Å². The van der Waals surface area contributed by atoms with Crippen LogP contribution >= 0.6 is 0 Å². The minimum absolute atomic E-state index is 0.0260. The highest BCUT2D eigenvalue weighted by molar-refractivity contribution is 7.86. The SMILES string of the molecule is Cc1cc(C)c(S(=O)(=O)O)c(C)c1.O=c1ccc2ccccc2[nH]1. The number of benzene rings is 2. The van der Waals surface area contributed by atoms with Crippen molar-refractivity contribution in [3.8, 4) is 0 Å². The number of rotatable bonds is 1. The molecule has 0 aliphatic carbocycles. The van der Waals surface area contributed by atoms with Crippen LogP contribution in [0, 0.1) is 20.8 Å². The second kappa shape index (κ2) is 6.98. The Kier molecular flexibility index (Phi) is 5.21. The first-order valence-electron chi connectivity index (χ1n) is 7.32. The van der Waals surface area contributed by atoms with Gasteiger partial charge in [-0.1, -0.05) is 35.9 Å². The molecule has 6 heteroatoms. The zero-order valence-electron chi connectivity index (χ0n) is 13.7. The van der Waals surface area contributed by atoms with Crippen LogP contribution in [0.3, 0.4) is 0 Å². The van der Waals surface area contributed by atoms with Gasteiger partial charge < -0.3 is 4.98 Å². The van der Waals surface area contributed by atoms with Gasteiger partial charge >= 0.3 is 0 Å². The zero-order valence-corrected chi connectivity index (χ0v) is 14.5. The lowest BCUT2D eigenvalue weighted by atomic mass is 10.1. The first-order valence-corrected chi connectivity index (χ1v) is 8.76. The number of aromatic amines is 1. The molecule has 0 aliphatic rings. The monoisotopic (exact) mass is 345 g/mol. The lowest BCUT2D eigenvalue weighted by Crippen LogP contribution is -2.04. The van der Waals surface area contributed by atoms with Crippen LogP contribution < -0.4 is 5.56 Å². The highest BCUT2D eigenvalue weighted by Crippen LogP contribution is 2.20. The van der Waals surface area contributed by atoms with Crippen LogP contribution in [0.2, 0.25) is 0 Å². The molecule has 5 nitrogen and oxygen atoms in total. The molecule has 0 fully saturated rings. The molecule has 0 aliphatic heterocycles. The number of nitrogens with one attached hydrogen (secondary N) is 1. The molecule has 0 amide bonds. The minimum atomic E-state index is -4.08. The van der Waals surface area contributed by atoms with Gasteiger partial charge in [-0.3, -0.25) is 9.35 Å². The predicted octanol–water partition coefficient (Wildman–Crippen LogP) is 3.39. The second-order valence-electron chi connectivity index (χ2n) is 5.61. The molecule has 2 N–H and O–H groups in total. The smallest absolute Gasteiger partial charge is 0.295 e. The van der Waals surface area contributed by atoms with Crippen molar-refractivity contribution in [3.63, 3.8) is 0 Å². The molecule has 3 aromatic rings. The zero-order chi connectivity index (χ0) is 17.9. The highest BCUT2D eigenvalue weighted by Gasteiger charge is 2.15. The number of para-hydroxylation sites is 1. The van der Waals surface area contributed by atoms with E-state index in [0.717, 1.165) is 16.5 Å². The van der Waals surface area contributed by atoms with E-state index in [1.165, 1.54) is 6.07 Å². The van der Waals surface area contributed by atoms with Gasteiger partial charge in [0.2, 0.25) is 5.56 Å². The van der Waals surface area contributed by atoms with Gasteiger partial charge in [-0.05, 0) is 49.4 Å². The van der Waals surface area contributed by atoms with Crippen LogP contribution in [0.4, 0.5) is 0 Å². The Balaban J connectivity index is 0.000000175. The maximum Gasteiger partial charge on any atom is 0.295 e. The van der Waals surface area contributed by atoms with Gasteiger partial charge in [0, 0.05) is 11.6 Å². The standard InChI is InChI=1S/C9H7NO.C9H12O3S/c11-9-6-5-7-3-1-2-4-8(7)10-9;1-6-4-7(2)9(8(3)5-6)13(10,11)12/h1-6H,(H,10,11);4-5H,1-3H3,(H,10,11,12). The van der Waals surface area contributed by atoms with Crippen LogP contribution in [0.1, 0.15) is 16.7 Å². The van der Waals surface area contributed by atoms with Gasteiger partial charge in [-0.2, -0.15) is 8.42 Å². The summed E-state index contributed by atoms with van der Waals surface area (Å²) < 4.78 is 30.8. The Morgan fingerprint density at radius 3 is 2.08 bits per heavy atom. The molecule has 0 unspecified atom stereocenters. The van der Waals surface area contributed by atoms with Gasteiger partial charge in [0.25, 0.3) is 10.1 Å². The molecule has 0 saturated carbocycles. The Bertz CT molecular complexity index is 1010. The third-order valence-electron chi connectivity index (χ3n) is 3.50. The van der Waals surface area contributed by atoms with Crippen molar-refractivity contribution in [1.29, 1.82) is 0 Å². The van der Waals surface area contributed by atoms with E-state index in [-0.39, 0.29) is 10.5 Å². The van der Waals surface area contributed by atoms with Crippen LogP contribution in [0.25, 0.3) is 10.9 Å². The fraction of sp³-hybridized carbons (Fsp3) is 0.167. The van der Waals surface area contributed by atoms with Gasteiger partial charge in [0.1, 0.15) is 0 Å². The van der Waals surface area contributed by atoms with E-state index < -0.39 is 10.1 Å². The molecular formula is C18H19NO4S.